The van der Waals surface area contributed by atoms with Crippen molar-refractivity contribution in [2.75, 3.05) is 28.9 Å². The molecule has 2 N–H and O–H groups in total. The molecule has 0 saturated carbocycles. The van der Waals surface area contributed by atoms with Crippen LogP contribution < -0.4 is 10.0 Å². The minimum atomic E-state index is -3.75. The largest absolute Gasteiger partial charge is 0.325 e. The molecule has 0 aliphatic carbocycles. The second-order valence-corrected chi connectivity index (χ2v) is 10.7. The van der Waals surface area contributed by atoms with Crippen molar-refractivity contribution < 1.29 is 13.2 Å². The average molecular weight is 446 g/mol. The molecule has 2 aliphatic rings. The minimum absolute atomic E-state index is 0.0898. The molecule has 0 aromatic heterocycles. The number of nitrogens with zero attached hydrogens (tertiary/aromatic N) is 1. The molecule has 4 rings (SSSR count). The maximum Gasteiger partial charge on any atom is 0.261 e. The molecule has 2 aromatic rings. The summed E-state index contributed by atoms with van der Waals surface area (Å²) in [7, 11) is -3.75. The first-order chi connectivity index (χ1) is 14.4. The quantitative estimate of drug-likeness (QED) is 0.723. The number of hydrogen-bond acceptors (Lipinski definition) is 5. The number of rotatable bonds is 5. The summed E-state index contributed by atoms with van der Waals surface area (Å²) in [6, 6.07) is 12.4. The van der Waals surface area contributed by atoms with E-state index in [4.69, 9.17) is 0 Å². The molecule has 1 saturated heterocycles. The van der Waals surface area contributed by atoms with Crippen molar-refractivity contribution in [3.63, 3.8) is 0 Å². The number of carbonyl (C=O) groups is 1. The molecule has 160 valence electrons. The van der Waals surface area contributed by atoms with Crippen molar-refractivity contribution >= 4 is 39.1 Å². The summed E-state index contributed by atoms with van der Waals surface area (Å²) in [5, 5.41) is 2.84. The van der Waals surface area contributed by atoms with Crippen LogP contribution in [-0.4, -0.2) is 38.1 Å². The number of benzene rings is 2. The lowest BCUT2D eigenvalue weighted by Crippen LogP contribution is -2.29. The Labute approximate surface area is 182 Å². The Morgan fingerprint density at radius 2 is 1.83 bits per heavy atom. The Bertz CT molecular complexity index is 1020. The van der Waals surface area contributed by atoms with Crippen LogP contribution in [0.15, 0.2) is 52.3 Å². The van der Waals surface area contributed by atoms with Gasteiger partial charge in [-0.15, -0.1) is 11.8 Å². The van der Waals surface area contributed by atoms with E-state index in [0.717, 1.165) is 24.5 Å². The van der Waals surface area contributed by atoms with Crippen LogP contribution in [-0.2, 0) is 21.4 Å². The van der Waals surface area contributed by atoms with Gasteiger partial charge in [-0.05, 0) is 61.8 Å². The third-order valence-electron chi connectivity index (χ3n) is 5.52. The Balaban J connectivity index is 1.46. The van der Waals surface area contributed by atoms with Gasteiger partial charge in [0.15, 0.2) is 0 Å². The first-order valence-corrected chi connectivity index (χ1v) is 12.8. The monoisotopic (exact) mass is 445 g/mol. The number of thioether (sulfide) groups is 1. The van der Waals surface area contributed by atoms with E-state index in [0.29, 0.717) is 17.1 Å². The average Bonchev–Trinajstić information content (AvgIpc) is 2.88. The third-order valence-corrected chi connectivity index (χ3v) is 8.23. The molecule has 1 atom stereocenters. The van der Waals surface area contributed by atoms with Crippen molar-refractivity contribution in [3.8, 4) is 0 Å². The summed E-state index contributed by atoms with van der Waals surface area (Å²) in [5.74, 6) is 0.463. The SMILES string of the molecule is C[C@H]1CSc2ccc(S(=O)(=O)Nc3ccc(CN4CCCCC4)cc3)cc2NC1=O. The van der Waals surface area contributed by atoms with E-state index in [-0.39, 0.29) is 16.7 Å². The number of carbonyl (C=O) groups excluding carboxylic acids is 1. The van der Waals surface area contributed by atoms with Gasteiger partial charge in [0.2, 0.25) is 5.91 Å². The zero-order valence-corrected chi connectivity index (χ0v) is 18.7. The van der Waals surface area contributed by atoms with Crippen LogP contribution in [0.25, 0.3) is 0 Å². The zero-order chi connectivity index (χ0) is 21.1. The molecular formula is C22H27N3O3S2. The van der Waals surface area contributed by atoms with Gasteiger partial charge in [-0.2, -0.15) is 0 Å². The van der Waals surface area contributed by atoms with Gasteiger partial charge in [0.25, 0.3) is 10.0 Å². The molecule has 0 radical (unpaired) electrons. The van der Waals surface area contributed by atoms with Crippen LogP contribution in [0.3, 0.4) is 0 Å². The van der Waals surface area contributed by atoms with Crippen molar-refractivity contribution in [3.05, 3.63) is 48.0 Å². The number of likely N-dealkylation sites (tertiary alicyclic amines) is 1. The lowest BCUT2D eigenvalue weighted by molar-refractivity contribution is -0.118. The van der Waals surface area contributed by atoms with E-state index >= 15 is 0 Å². The summed E-state index contributed by atoms with van der Waals surface area (Å²) in [6.45, 7) is 5.01. The van der Waals surface area contributed by atoms with Gasteiger partial charge in [-0.1, -0.05) is 25.5 Å². The number of sulfonamides is 1. The Hall–Kier alpha value is -2.03. The lowest BCUT2D eigenvalue weighted by atomic mass is 10.1. The summed E-state index contributed by atoms with van der Waals surface area (Å²) in [6.07, 6.45) is 3.80. The summed E-state index contributed by atoms with van der Waals surface area (Å²) >= 11 is 1.56. The second-order valence-electron chi connectivity index (χ2n) is 8.00. The molecular weight excluding hydrogens is 418 g/mol. The van der Waals surface area contributed by atoms with E-state index in [1.165, 1.54) is 30.9 Å². The van der Waals surface area contributed by atoms with Gasteiger partial charge in [0.1, 0.15) is 0 Å². The Morgan fingerprint density at radius 1 is 1.10 bits per heavy atom. The molecule has 2 aliphatic heterocycles. The predicted octanol–water partition coefficient (Wildman–Crippen LogP) is 4.15. The van der Waals surface area contributed by atoms with E-state index < -0.39 is 10.0 Å². The van der Waals surface area contributed by atoms with Crippen molar-refractivity contribution in [2.24, 2.45) is 5.92 Å². The molecule has 0 bridgehead atoms. The molecule has 30 heavy (non-hydrogen) atoms. The van der Waals surface area contributed by atoms with Gasteiger partial charge in [0.05, 0.1) is 10.6 Å². The predicted molar refractivity (Wildman–Crippen MR) is 121 cm³/mol. The number of nitrogens with one attached hydrogen (secondary N) is 2. The highest BCUT2D eigenvalue weighted by atomic mass is 32.2. The lowest BCUT2D eigenvalue weighted by Gasteiger charge is -2.26. The van der Waals surface area contributed by atoms with Gasteiger partial charge >= 0.3 is 0 Å². The summed E-state index contributed by atoms with van der Waals surface area (Å²) < 4.78 is 28.4. The van der Waals surface area contributed by atoms with E-state index in [1.54, 1.807) is 36.0 Å². The molecule has 2 aromatic carbocycles. The Morgan fingerprint density at radius 3 is 2.57 bits per heavy atom. The maximum atomic E-state index is 12.9. The minimum Gasteiger partial charge on any atom is -0.325 e. The Kier molecular flexibility index (Phi) is 6.36. The molecule has 8 heteroatoms. The molecule has 6 nitrogen and oxygen atoms in total. The van der Waals surface area contributed by atoms with Gasteiger partial charge < -0.3 is 5.32 Å². The van der Waals surface area contributed by atoms with Crippen LogP contribution in [0, 0.1) is 5.92 Å². The topological polar surface area (TPSA) is 78.5 Å². The highest BCUT2D eigenvalue weighted by Gasteiger charge is 2.23. The number of fused-ring (bicyclic) bond motifs is 1. The molecule has 0 unspecified atom stereocenters. The fraction of sp³-hybridized carbons (Fsp3) is 0.409. The zero-order valence-electron chi connectivity index (χ0n) is 17.1. The molecule has 1 amide bonds. The van der Waals surface area contributed by atoms with Crippen LogP contribution in [0.2, 0.25) is 0 Å². The van der Waals surface area contributed by atoms with Crippen LogP contribution in [0.1, 0.15) is 31.7 Å². The van der Waals surface area contributed by atoms with E-state index in [2.05, 4.69) is 14.9 Å². The first kappa shape index (κ1) is 21.2. The highest BCUT2D eigenvalue weighted by molar-refractivity contribution is 7.99. The standard InChI is InChI=1S/C22H27N3O3S2/c1-16-15-29-21-10-9-19(13-20(21)23-22(16)26)30(27,28)24-18-7-5-17(6-8-18)14-25-11-3-2-4-12-25/h5-10,13,16,24H,2-4,11-12,14-15H2,1H3,(H,23,26)/t16-/m0/s1. The van der Waals surface area contributed by atoms with Crippen LogP contribution in [0.5, 0.6) is 0 Å². The van der Waals surface area contributed by atoms with Crippen LogP contribution in [0.4, 0.5) is 11.4 Å². The van der Waals surface area contributed by atoms with Gasteiger partial charge in [-0.25, -0.2) is 8.42 Å². The molecule has 2 heterocycles. The first-order valence-electron chi connectivity index (χ1n) is 10.3. The summed E-state index contributed by atoms with van der Waals surface area (Å²) in [5.41, 5.74) is 2.26. The summed E-state index contributed by atoms with van der Waals surface area (Å²) in [4.78, 5) is 15.6. The fourth-order valence-electron chi connectivity index (χ4n) is 3.71. The molecule has 0 spiro atoms. The number of piperidine rings is 1. The molecule has 1 fully saturated rings. The van der Waals surface area contributed by atoms with Crippen molar-refractivity contribution in [1.29, 1.82) is 0 Å². The third kappa shape index (κ3) is 4.99. The number of hydrogen-bond donors (Lipinski definition) is 2. The van der Waals surface area contributed by atoms with Crippen LogP contribution >= 0.6 is 11.8 Å². The second kappa shape index (κ2) is 8.99. The van der Waals surface area contributed by atoms with E-state index in [1.807, 2.05) is 19.1 Å². The maximum absolute atomic E-state index is 12.9. The van der Waals surface area contributed by atoms with Crippen molar-refractivity contribution in [2.45, 2.75) is 42.5 Å². The number of anilines is 2. The number of amides is 1. The smallest absolute Gasteiger partial charge is 0.261 e. The van der Waals surface area contributed by atoms with Gasteiger partial charge in [-0.3, -0.25) is 14.4 Å². The van der Waals surface area contributed by atoms with Gasteiger partial charge in [0, 0.05) is 28.8 Å². The fourth-order valence-corrected chi connectivity index (χ4v) is 5.81. The highest BCUT2D eigenvalue weighted by Crippen LogP contribution is 2.34. The van der Waals surface area contributed by atoms with E-state index in [9.17, 15) is 13.2 Å². The van der Waals surface area contributed by atoms with Crippen molar-refractivity contribution in [1.82, 2.24) is 4.90 Å². The normalized spacial score (nSPS) is 20.2.